The number of nitrogens with zero attached hydrogens (tertiary/aromatic N) is 1. The number of ether oxygens (including phenoxy) is 1. The summed E-state index contributed by atoms with van der Waals surface area (Å²) < 4.78 is 5.25. The lowest BCUT2D eigenvalue weighted by Crippen LogP contribution is -2.25. The van der Waals surface area contributed by atoms with E-state index < -0.39 is 5.97 Å². The van der Waals surface area contributed by atoms with Crippen molar-refractivity contribution in [3.05, 3.63) is 76.5 Å². The molecule has 0 saturated carbocycles. The van der Waals surface area contributed by atoms with E-state index in [9.17, 15) is 9.59 Å². The van der Waals surface area contributed by atoms with Crippen molar-refractivity contribution < 1.29 is 14.3 Å². The van der Waals surface area contributed by atoms with Gasteiger partial charge in [-0.3, -0.25) is 4.79 Å². The number of allylic oxidation sites excluding steroid dienone is 1. The SMILES string of the molecule is Cc1ccc(C(=O)OCC(=O)/C=C2\N(C)c3ccccc3C2(C)C)c(C)c1. The van der Waals surface area contributed by atoms with Crippen LogP contribution in [0, 0.1) is 13.8 Å². The monoisotopic (exact) mass is 363 g/mol. The summed E-state index contributed by atoms with van der Waals surface area (Å²) in [6.07, 6.45) is 1.59. The van der Waals surface area contributed by atoms with E-state index in [1.165, 1.54) is 5.56 Å². The summed E-state index contributed by atoms with van der Waals surface area (Å²) in [5.41, 5.74) is 5.31. The zero-order valence-corrected chi connectivity index (χ0v) is 16.5. The number of benzene rings is 2. The lowest BCUT2D eigenvalue weighted by molar-refractivity contribution is -0.117. The molecule has 1 heterocycles. The topological polar surface area (TPSA) is 46.6 Å². The number of rotatable bonds is 4. The molecule has 0 radical (unpaired) electrons. The highest BCUT2D eigenvalue weighted by Gasteiger charge is 2.38. The quantitative estimate of drug-likeness (QED) is 0.599. The third kappa shape index (κ3) is 3.52. The summed E-state index contributed by atoms with van der Waals surface area (Å²) in [6.45, 7) is 7.75. The van der Waals surface area contributed by atoms with Crippen LogP contribution in [0.5, 0.6) is 0 Å². The van der Waals surface area contributed by atoms with E-state index in [4.69, 9.17) is 4.74 Å². The fraction of sp³-hybridized carbons (Fsp3) is 0.304. The van der Waals surface area contributed by atoms with E-state index in [2.05, 4.69) is 19.9 Å². The molecule has 3 rings (SSSR count). The van der Waals surface area contributed by atoms with E-state index in [1.54, 1.807) is 12.1 Å². The van der Waals surface area contributed by atoms with Crippen LogP contribution in [0.1, 0.15) is 40.9 Å². The van der Waals surface area contributed by atoms with Crippen LogP contribution >= 0.6 is 0 Å². The minimum Gasteiger partial charge on any atom is -0.454 e. The van der Waals surface area contributed by atoms with Crippen molar-refractivity contribution in [1.29, 1.82) is 0 Å². The van der Waals surface area contributed by atoms with Crippen molar-refractivity contribution in [3.63, 3.8) is 0 Å². The number of carbonyl (C=O) groups is 2. The molecule has 0 amide bonds. The minimum atomic E-state index is -0.471. The van der Waals surface area contributed by atoms with Crippen LogP contribution in [0.15, 0.2) is 54.2 Å². The van der Waals surface area contributed by atoms with E-state index in [-0.39, 0.29) is 17.8 Å². The molecule has 0 atom stereocenters. The number of carbonyl (C=O) groups excluding carboxylic acids is 2. The van der Waals surface area contributed by atoms with Gasteiger partial charge in [0.15, 0.2) is 12.4 Å². The molecule has 0 bridgehead atoms. The molecule has 1 aliphatic rings. The summed E-state index contributed by atoms with van der Waals surface area (Å²) in [6, 6.07) is 13.6. The highest BCUT2D eigenvalue weighted by molar-refractivity contribution is 5.97. The van der Waals surface area contributed by atoms with Gasteiger partial charge in [0.25, 0.3) is 0 Å². The predicted molar refractivity (Wildman–Crippen MR) is 107 cm³/mol. The lowest BCUT2D eigenvalue weighted by atomic mass is 9.83. The molecule has 0 unspecified atom stereocenters. The highest BCUT2D eigenvalue weighted by atomic mass is 16.5. The lowest BCUT2D eigenvalue weighted by Gasteiger charge is -2.23. The number of para-hydroxylation sites is 1. The average molecular weight is 363 g/mol. The van der Waals surface area contributed by atoms with E-state index in [0.717, 1.165) is 22.5 Å². The molecular weight excluding hydrogens is 338 g/mol. The second-order valence-corrected chi connectivity index (χ2v) is 7.59. The number of hydrogen-bond acceptors (Lipinski definition) is 4. The zero-order chi connectivity index (χ0) is 19.8. The first-order valence-corrected chi connectivity index (χ1v) is 9.04. The van der Waals surface area contributed by atoms with Crippen molar-refractivity contribution in [3.8, 4) is 0 Å². The Hall–Kier alpha value is -2.88. The van der Waals surface area contributed by atoms with Gasteiger partial charge in [-0.15, -0.1) is 0 Å². The van der Waals surface area contributed by atoms with Gasteiger partial charge in [0, 0.05) is 29.9 Å². The van der Waals surface area contributed by atoms with Crippen LogP contribution in [0.4, 0.5) is 5.69 Å². The Labute approximate surface area is 160 Å². The standard InChI is InChI=1S/C23H25NO3/c1-15-10-11-18(16(2)12-15)22(26)27-14-17(25)13-21-23(3,4)19-8-6-7-9-20(19)24(21)5/h6-13H,14H2,1-5H3/b21-13-. The van der Waals surface area contributed by atoms with Crippen molar-refractivity contribution in [2.24, 2.45) is 0 Å². The average Bonchev–Trinajstić information content (AvgIpc) is 2.81. The van der Waals surface area contributed by atoms with Crippen molar-refractivity contribution >= 4 is 17.4 Å². The van der Waals surface area contributed by atoms with Crippen molar-refractivity contribution in [1.82, 2.24) is 0 Å². The van der Waals surface area contributed by atoms with Crippen LogP contribution in [0.2, 0.25) is 0 Å². The van der Waals surface area contributed by atoms with Crippen LogP contribution in [0.3, 0.4) is 0 Å². The Morgan fingerprint density at radius 1 is 1.11 bits per heavy atom. The third-order valence-electron chi connectivity index (χ3n) is 5.19. The van der Waals surface area contributed by atoms with Gasteiger partial charge < -0.3 is 9.64 Å². The smallest absolute Gasteiger partial charge is 0.338 e. The normalized spacial score (nSPS) is 16.3. The van der Waals surface area contributed by atoms with E-state index in [1.807, 2.05) is 56.1 Å². The maximum absolute atomic E-state index is 12.5. The Balaban J connectivity index is 1.73. The number of aryl methyl sites for hydroxylation is 2. The fourth-order valence-corrected chi connectivity index (χ4v) is 3.71. The second-order valence-electron chi connectivity index (χ2n) is 7.59. The number of hydrogen-bond donors (Lipinski definition) is 0. The van der Waals surface area contributed by atoms with Crippen LogP contribution in [-0.2, 0) is 14.9 Å². The number of anilines is 1. The summed E-state index contributed by atoms with van der Waals surface area (Å²) in [4.78, 5) is 26.8. The molecule has 27 heavy (non-hydrogen) atoms. The molecule has 0 aliphatic carbocycles. The van der Waals surface area contributed by atoms with Gasteiger partial charge in [-0.05, 0) is 37.1 Å². The first-order chi connectivity index (χ1) is 12.7. The first-order valence-electron chi connectivity index (χ1n) is 9.04. The molecule has 4 heteroatoms. The summed E-state index contributed by atoms with van der Waals surface area (Å²) in [5.74, 6) is -0.697. The Morgan fingerprint density at radius 2 is 1.81 bits per heavy atom. The van der Waals surface area contributed by atoms with Gasteiger partial charge in [0.1, 0.15) is 0 Å². The first kappa shape index (κ1) is 18.9. The Kier molecular flexibility index (Phi) is 4.92. The van der Waals surface area contributed by atoms with Gasteiger partial charge in [-0.1, -0.05) is 49.7 Å². The highest BCUT2D eigenvalue weighted by Crippen LogP contribution is 2.46. The van der Waals surface area contributed by atoms with Gasteiger partial charge in [0.2, 0.25) is 0 Å². The minimum absolute atomic E-state index is 0.226. The maximum Gasteiger partial charge on any atom is 0.338 e. The number of esters is 1. The van der Waals surface area contributed by atoms with Crippen molar-refractivity contribution in [2.45, 2.75) is 33.1 Å². The van der Waals surface area contributed by atoms with Gasteiger partial charge in [-0.2, -0.15) is 0 Å². The molecule has 2 aromatic carbocycles. The molecular formula is C23H25NO3. The Bertz CT molecular complexity index is 940. The zero-order valence-electron chi connectivity index (χ0n) is 16.5. The fourth-order valence-electron chi connectivity index (χ4n) is 3.71. The predicted octanol–water partition coefficient (Wildman–Crippen LogP) is 4.34. The molecule has 0 fully saturated rings. The third-order valence-corrected chi connectivity index (χ3v) is 5.19. The van der Waals surface area contributed by atoms with E-state index in [0.29, 0.717) is 5.56 Å². The number of fused-ring (bicyclic) bond motifs is 1. The van der Waals surface area contributed by atoms with Crippen LogP contribution < -0.4 is 4.90 Å². The summed E-state index contributed by atoms with van der Waals surface area (Å²) in [7, 11) is 1.95. The molecule has 0 saturated heterocycles. The summed E-state index contributed by atoms with van der Waals surface area (Å²) >= 11 is 0. The van der Waals surface area contributed by atoms with Crippen LogP contribution in [-0.4, -0.2) is 25.4 Å². The van der Waals surface area contributed by atoms with Gasteiger partial charge in [0.05, 0.1) is 5.56 Å². The maximum atomic E-state index is 12.5. The molecule has 140 valence electrons. The molecule has 2 aromatic rings. The molecule has 0 N–H and O–H groups in total. The molecule has 4 nitrogen and oxygen atoms in total. The van der Waals surface area contributed by atoms with E-state index >= 15 is 0 Å². The second kappa shape index (κ2) is 7.03. The molecule has 1 aliphatic heterocycles. The number of likely N-dealkylation sites (N-methyl/N-ethyl adjacent to an activating group) is 1. The molecule has 0 aromatic heterocycles. The summed E-state index contributed by atoms with van der Waals surface area (Å²) in [5, 5.41) is 0. The largest absolute Gasteiger partial charge is 0.454 e. The van der Waals surface area contributed by atoms with Gasteiger partial charge >= 0.3 is 5.97 Å². The van der Waals surface area contributed by atoms with Crippen molar-refractivity contribution in [2.75, 3.05) is 18.6 Å². The number of ketones is 1. The molecule has 0 spiro atoms. The van der Waals surface area contributed by atoms with Crippen LogP contribution in [0.25, 0.3) is 0 Å². The van der Waals surface area contributed by atoms with Gasteiger partial charge in [-0.25, -0.2) is 4.79 Å². The Morgan fingerprint density at radius 3 is 2.48 bits per heavy atom.